The van der Waals surface area contributed by atoms with Crippen LogP contribution in [-0.4, -0.2) is 9.97 Å². The molecule has 1 aliphatic rings. The monoisotopic (exact) mass is 621 g/mol. The Balaban J connectivity index is 1.15. The zero-order chi connectivity index (χ0) is 31.7. The summed E-state index contributed by atoms with van der Waals surface area (Å²) in [5.41, 5.74) is 10.5. The van der Waals surface area contributed by atoms with Crippen LogP contribution in [0.25, 0.3) is 66.6 Å². The second-order valence-electron chi connectivity index (χ2n) is 12.5. The molecule has 1 aliphatic heterocycles. The van der Waals surface area contributed by atoms with E-state index >= 15 is 0 Å². The van der Waals surface area contributed by atoms with Crippen LogP contribution in [0.4, 0.5) is 0 Å². The highest BCUT2D eigenvalue weighted by molar-refractivity contribution is 7.99. The average Bonchev–Trinajstić information content (AvgIpc) is 3.48. The summed E-state index contributed by atoms with van der Waals surface area (Å²) in [7, 11) is 0. The maximum Gasteiger partial charge on any atom is 0.160 e. The number of fused-ring (bicyclic) bond motifs is 6. The summed E-state index contributed by atoms with van der Waals surface area (Å²) >= 11 is 1.75. The highest BCUT2D eigenvalue weighted by Crippen LogP contribution is 2.53. The molecule has 47 heavy (non-hydrogen) atoms. The third kappa shape index (κ3) is 4.30. The zero-order valence-electron chi connectivity index (χ0n) is 25.8. The van der Waals surface area contributed by atoms with Crippen LogP contribution in [0.1, 0.15) is 30.5 Å². The fraction of sp³-hybridized carbons (Fsp3) is 0.0714. The first-order valence-electron chi connectivity index (χ1n) is 15.6. The summed E-state index contributed by atoms with van der Waals surface area (Å²) < 4.78 is 6.19. The van der Waals surface area contributed by atoms with Crippen LogP contribution in [0.5, 0.6) is 0 Å². The Morgan fingerprint density at radius 1 is 0.617 bits per heavy atom. The lowest BCUT2D eigenvalue weighted by Gasteiger charge is -2.37. The van der Waals surface area contributed by atoms with Crippen molar-refractivity contribution in [1.82, 2.24) is 9.97 Å². The Hall–Kier alpha value is -5.70. The van der Waals surface area contributed by atoms with Crippen LogP contribution in [0, 0.1) is 11.3 Å². The summed E-state index contributed by atoms with van der Waals surface area (Å²) in [5.74, 6) is 0.660. The van der Waals surface area contributed by atoms with Gasteiger partial charge in [0.1, 0.15) is 11.2 Å². The van der Waals surface area contributed by atoms with Crippen LogP contribution in [0.3, 0.4) is 0 Å². The number of furan rings is 1. The van der Waals surface area contributed by atoms with Crippen molar-refractivity contribution in [1.29, 1.82) is 5.26 Å². The summed E-state index contributed by atoms with van der Waals surface area (Å²) in [6.07, 6.45) is 0. The zero-order valence-corrected chi connectivity index (χ0v) is 26.6. The van der Waals surface area contributed by atoms with Crippen LogP contribution in [-0.2, 0) is 5.41 Å². The topological polar surface area (TPSA) is 62.7 Å². The molecule has 0 amide bonds. The smallest absolute Gasteiger partial charge is 0.160 e. The van der Waals surface area contributed by atoms with E-state index in [1.807, 2.05) is 54.6 Å². The lowest BCUT2D eigenvalue weighted by molar-refractivity contribution is 0.607. The molecule has 2 aromatic heterocycles. The summed E-state index contributed by atoms with van der Waals surface area (Å²) in [6.45, 7) is 4.47. The SMILES string of the molecule is CC1(C)c2c(C#N)cccc2Sc2cccc(-c3ccc(-c4nc(-c5ccc6c(c5)oc5ccccc56)nc5ccccc45)cc3)c21. The molecule has 0 radical (unpaired) electrons. The molecule has 0 unspecified atom stereocenters. The number of hydrogen-bond acceptors (Lipinski definition) is 5. The van der Waals surface area contributed by atoms with Gasteiger partial charge < -0.3 is 4.42 Å². The fourth-order valence-electron chi connectivity index (χ4n) is 7.20. The van der Waals surface area contributed by atoms with Gasteiger partial charge in [-0.05, 0) is 64.7 Å². The molecule has 0 saturated carbocycles. The van der Waals surface area contributed by atoms with E-state index in [1.165, 1.54) is 16.0 Å². The van der Waals surface area contributed by atoms with Crippen molar-refractivity contribution in [3.05, 3.63) is 144 Å². The van der Waals surface area contributed by atoms with Gasteiger partial charge in [0, 0.05) is 42.5 Å². The van der Waals surface area contributed by atoms with Gasteiger partial charge in [0.15, 0.2) is 5.82 Å². The molecule has 4 nitrogen and oxygen atoms in total. The Labute approximate surface area is 276 Å². The molecular weight excluding hydrogens is 595 g/mol. The maximum atomic E-state index is 9.97. The molecule has 5 heteroatoms. The van der Waals surface area contributed by atoms with E-state index < -0.39 is 0 Å². The van der Waals surface area contributed by atoms with Gasteiger partial charge in [-0.2, -0.15) is 5.26 Å². The molecule has 3 heterocycles. The molecule has 8 aromatic rings. The molecule has 0 aliphatic carbocycles. The van der Waals surface area contributed by atoms with E-state index in [4.69, 9.17) is 14.4 Å². The standard InChI is InChI=1S/C42H27N3OS/c1-42(2)38-28(24-43)9-7-15-36(38)47-37-16-8-12-29(39(37)42)25-17-19-26(20-18-25)40-32-11-3-5-13-33(32)44-41(45-40)27-21-22-31-30-10-4-6-14-34(30)46-35(31)23-27/h3-23H,1-2H3. The Morgan fingerprint density at radius 3 is 2.13 bits per heavy atom. The number of nitriles is 1. The van der Waals surface area contributed by atoms with Crippen LogP contribution >= 0.6 is 11.8 Å². The third-order valence-corrected chi connectivity index (χ3v) is 10.5. The lowest BCUT2D eigenvalue weighted by Crippen LogP contribution is -2.26. The molecule has 0 N–H and O–H groups in total. The van der Waals surface area contributed by atoms with Gasteiger partial charge in [-0.25, -0.2) is 9.97 Å². The van der Waals surface area contributed by atoms with E-state index in [0.717, 1.165) is 71.2 Å². The quantitative estimate of drug-likeness (QED) is 0.196. The number of rotatable bonds is 3. The third-order valence-electron chi connectivity index (χ3n) is 9.35. The van der Waals surface area contributed by atoms with Gasteiger partial charge in [0.2, 0.25) is 0 Å². The fourth-order valence-corrected chi connectivity index (χ4v) is 8.66. The van der Waals surface area contributed by atoms with Crippen LogP contribution < -0.4 is 0 Å². The van der Waals surface area contributed by atoms with Gasteiger partial charge >= 0.3 is 0 Å². The minimum absolute atomic E-state index is 0.337. The van der Waals surface area contributed by atoms with E-state index in [2.05, 4.69) is 92.7 Å². The lowest BCUT2D eigenvalue weighted by atomic mass is 9.73. The highest BCUT2D eigenvalue weighted by Gasteiger charge is 2.37. The maximum absolute atomic E-state index is 9.97. The largest absolute Gasteiger partial charge is 0.456 e. The van der Waals surface area contributed by atoms with Crippen molar-refractivity contribution >= 4 is 44.6 Å². The van der Waals surface area contributed by atoms with Gasteiger partial charge in [-0.3, -0.25) is 0 Å². The van der Waals surface area contributed by atoms with Gasteiger partial charge in [-0.15, -0.1) is 0 Å². The second kappa shape index (κ2) is 10.4. The average molecular weight is 622 g/mol. The summed E-state index contributed by atoms with van der Waals surface area (Å²) in [4.78, 5) is 12.5. The predicted octanol–water partition coefficient (Wildman–Crippen LogP) is 11.2. The normalized spacial score (nSPS) is 13.4. The molecule has 9 rings (SSSR count). The minimum atomic E-state index is -0.337. The number of para-hydroxylation sites is 2. The van der Waals surface area contributed by atoms with Crippen molar-refractivity contribution in [2.45, 2.75) is 29.1 Å². The number of hydrogen-bond donors (Lipinski definition) is 0. The molecule has 0 saturated heterocycles. The molecule has 0 fully saturated rings. The molecule has 0 atom stereocenters. The van der Waals surface area contributed by atoms with Crippen molar-refractivity contribution in [3.63, 3.8) is 0 Å². The van der Waals surface area contributed by atoms with E-state index in [-0.39, 0.29) is 5.41 Å². The highest BCUT2D eigenvalue weighted by atomic mass is 32.2. The van der Waals surface area contributed by atoms with Crippen molar-refractivity contribution in [2.24, 2.45) is 0 Å². The predicted molar refractivity (Wildman–Crippen MR) is 191 cm³/mol. The minimum Gasteiger partial charge on any atom is -0.456 e. The van der Waals surface area contributed by atoms with Crippen LogP contribution in [0.15, 0.2) is 142 Å². The van der Waals surface area contributed by atoms with Gasteiger partial charge in [0.05, 0.1) is 22.8 Å². The number of benzene rings is 6. The Bertz CT molecular complexity index is 2590. The Morgan fingerprint density at radius 2 is 1.30 bits per heavy atom. The Kier molecular flexibility index (Phi) is 6.12. The van der Waals surface area contributed by atoms with E-state index in [0.29, 0.717) is 5.82 Å². The molecule has 6 aromatic carbocycles. The van der Waals surface area contributed by atoms with Crippen LogP contribution in [0.2, 0.25) is 0 Å². The molecule has 0 spiro atoms. The number of aromatic nitrogens is 2. The van der Waals surface area contributed by atoms with Gasteiger partial charge in [-0.1, -0.05) is 111 Å². The first-order chi connectivity index (χ1) is 23.0. The summed E-state index contributed by atoms with van der Waals surface area (Å²) in [6, 6.07) is 46.2. The molecule has 222 valence electrons. The van der Waals surface area contributed by atoms with E-state index in [1.54, 1.807) is 11.8 Å². The van der Waals surface area contributed by atoms with Crippen molar-refractivity contribution in [2.75, 3.05) is 0 Å². The van der Waals surface area contributed by atoms with Crippen molar-refractivity contribution in [3.8, 4) is 39.8 Å². The number of nitrogens with zero attached hydrogens (tertiary/aromatic N) is 3. The first-order valence-corrected chi connectivity index (χ1v) is 16.5. The van der Waals surface area contributed by atoms with Gasteiger partial charge in [0.25, 0.3) is 0 Å². The first kappa shape index (κ1) is 27.6. The van der Waals surface area contributed by atoms with Crippen molar-refractivity contribution < 1.29 is 4.42 Å². The summed E-state index contributed by atoms with van der Waals surface area (Å²) in [5, 5.41) is 13.2. The second-order valence-corrected chi connectivity index (χ2v) is 13.6. The molecular formula is C42H27N3OS. The molecule has 0 bridgehead atoms. The van der Waals surface area contributed by atoms with E-state index in [9.17, 15) is 5.26 Å².